The summed E-state index contributed by atoms with van der Waals surface area (Å²) < 4.78 is 38.8. The van der Waals surface area contributed by atoms with Crippen molar-refractivity contribution in [1.29, 1.82) is 0 Å². The van der Waals surface area contributed by atoms with Crippen LogP contribution < -0.4 is 0 Å². The number of H-pyrrole nitrogens is 1. The minimum Gasteiger partial charge on any atom is -0.463 e. The zero-order valence-electron chi connectivity index (χ0n) is 18.3. The molecular weight excluding hydrogens is 423 g/mol. The molecule has 3 aromatic rings. The molecule has 4 heterocycles. The van der Waals surface area contributed by atoms with Crippen molar-refractivity contribution >= 4 is 30.8 Å². The van der Waals surface area contributed by atoms with Crippen LogP contribution >= 0.6 is 0 Å². The van der Waals surface area contributed by atoms with Crippen LogP contribution in [0.3, 0.4) is 0 Å². The quantitative estimate of drug-likeness (QED) is 0.338. The van der Waals surface area contributed by atoms with Gasteiger partial charge in [-0.2, -0.15) is 0 Å². The molecule has 8 heteroatoms. The van der Waals surface area contributed by atoms with Gasteiger partial charge in [-0.1, -0.05) is 30.3 Å². The largest absolute Gasteiger partial charge is 0.737 e. The highest BCUT2D eigenvalue weighted by atomic mass is 19.2. The molecule has 2 aromatic heterocycles. The highest BCUT2D eigenvalue weighted by Crippen LogP contribution is 2.41. The minimum absolute atomic E-state index is 0.287. The van der Waals surface area contributed by atoms with Gasteiger partial charge in [0.25, 0.3) is 0 Å². The zero-order chi connectivity index (χ0) is 23.2. The molecule has 166 valence electrons. The number of aromatic nitrogens is 2. The van der Waals surface area contributed by atoms with Gasteiger partial charge in [0.1, 0.15) is 6.21 Å². The summed E-state index contributed by atoms with van der Waals surface area (Å²) in [6.45, 7) is -0.413. The van der Waals surface area contributed by atoms with E-state index >= 15 is 8.63 Å². The lowest BCUT2D eigenvalue weighted by molar-refractivity contribution is -0.356. The normalized spacial score (nSPS) is 16.5. The van der Waals surface area contributed by atoms with Gasteiger partial charge in [0.05, 0.1) is 17.9 Å². The molecule has 0 saturated carbocycles. The number of carbonyl (C=O) groups excluding carboxylic acids is 1. The number of hydrogen-bond acceptors (Lipinski definition) is 2. The molecule has 0 saturated heterocycles. The average Bonchev–Trinajstić information content (AvgIpc) is 3.55. The number of fused-ring (bicyclic) bond motifs is 2. The van der Waals surface area contributed by atoms with E-state index in [0.717, 1.165) is 20.1 Å². The van der Waals surface area contributed by atoms with Crippen molar-refractivity contribution in [3.05, 3.63) is 95.0 Å². The number of halogens is 2. The van der Waals surface area contributed by atoms with Crippen LogP contribution in [0.25, 0.3) is 23.0 Å². The number of rotatable bonds is 5. The summed E-state index contributed by atoms with van der Waals surface area (Å²) in [5.41, 5.74) is 4.54. The van der Waals surface area contributed by atoms with Crippen LogP contribution in [0.1, 0.15) is 30.8 Å². The maximum atomic E-state index is 15.8. The van der Waals surface area contributed by atoms with Crippen LogP contribution in [0.4, 0.5) is 8.63 Å². The zero-order valence-corrected chi connectivity index (χ0v) is 18.3. The molecule has 0 bridgehead atoms. The average molecular weight is 445 g/mol. The lowest BCUT2D eigenvalue weighted by Crippen LogP contribution is -2.49. The first-order valence-electron chi connectivity index (χ1n) is 10.8. The molecule has 0 aliphatic carbocycles. The molecule has 0 spiro atoms. The number of nitrogens with zero attached hydrogens (tertiary/aromatic N) is 2. The molecule has 0 unspecified atom stereocenters. The maximum Gasteiger partial charge on any atom is 0.737 e. The lowest BCUT2D eigenvalue weighted by atomic mass is 9.86. The van der Waals surface area contributed by atoms with Crippen LogP contribution in [0.5, 0.6) is 0 Å². The topological polar surface area (TPSA) is 50.0 Å². The highest BCUT2D eigenvalue weighted by molar-refractivity contribution is 6.58. The maximum absolute atomic E-state index is 15.8. The summed E-state index contributed by atoms with van der Waals surface area (Å²) in [6, 6.07) is 16.5. The van der Waals surface area contributed by atoms with E-state index in [1.54, 1.807) is 56.3 Å². The molecule has 2 aliphatic rings. The van der Waals surface area contributed by atoms with E-state index in [2.05, 4.69) is 4.98 Å². The van der Waals surface area contributed by atoms with Crippen LogP contribution in [-0.4, -0.2) is 39.7 Å². The van der Waals surface area contributed by atoms with Crippen molar-refractivity contribution in [3.63, 3.8) is 0 Å². The third kappa shape index (κ3) is 3.38. The van der Waals surface area contributed by atoms with Crippen LogP contribution in [0.15, 0.2) is 78.0 Å². The summed E-state index contributed by atoms with van der Waals surface area (Å²) >= 11 is 0. The van der Waals surface area contributed by atoms with E-state index in [9.17, 15) is 4.79 Å². The monoisotopic (exact) mass is 445 g/mol. The summed E-state index contributed by atoms with van der Waals surface area (Å²) in [5, 5.41) is 0. The minimum atomic E-state index is -4.10. The standard InChI is InChI=1S/C25H22BF2N3O2/c1-3-33-25(32)17(2)16-19-11-12-20(29-19)21-13-14-23-24(18-8-5-4-6-9-18)22-10-7-15-30(22)26(27,28)31(21)23/h4-16,29H,3H2,1-2H3/b17-16+. The summed E-state index contributed by atoms with van der Waals surface area (Å²) in [5.74, 6) is -0.411. The number of esters is 1. The van der Waals surface area contributed by atoms with E-state index in [-0.39, 0.29) is 6.61 Å². The lowest BCUT2D eigenvalue weighted by Gasteiger charge is -2.32. The Bertz CT molecular complexity index is 1380. The Morgan fingerprint density at radius 2 is 1.88 bits per heavy atom. The first-order valence-corrected chi connectivity index (χ1v) is 10.8. The van der Waals surface area contributed by atoms with Crippen molar-refractivity contribution in [2.75, 3.05) is 6.61 Å². The van der Waals surface area contributed by atoms with Crippen LogP contribution in [-0.2, 0) is 9.53 Å². The van der Waals surface area contributed by atoms with E-state index in [4.69, 9.17) is 4.74 Å². The fourth-order valence-corrected chi connectivity index (χ4v) is 4.42. The molecular formula is C25H22BF2N3O2. The smallest absolute Gasteiger partial charge is 0.463 e. The number of carbonyl (C=O) groups is 1. The molecule has 1 N–H and O–H groups in total. The van der Waals surface area contributed by atoms with Gasteiger partial charge in [-0.25, -0.2) is 4.79 Å². The molecule has 33 heavy (non-hydrogen) atoms. The summed E-state index contributed by atoms with van der Waals surface area (Å²) in [4.78, 5) is 15.1. The summed E-state index contributed by atoms with van der Waals surface area (Å²) in [7, 11) is 0. The van der Waals surface area contributed by atoms with Crippen molar-refractivity contribution in [2.45, 2.75) is 13.8 Å². The number of hydrogen-bond donors (Lipinski definition) is 1. The van der Waals surface area contributed by atoms with Crippen molar-refractivity contribution in [1.82, 2.24) is 9.46 Å². The molecule has 1 aromatic carbocycles. The summed E-state index contributed by atoms with van der Waals surface area (Å²) in [6.07, 6.45) is 6.45. The molecule has 5 rings (SSSR count). The third-order valence-corrected chi connectivity index (χ3v) is 5.87. The molecule has 2 aliphatic heterocycles. The number of aromatic amines is 1. The SMILES string of the molecule is CCOC(=O)/C(C)=C/c1ccc(-c2ccc3n2[B-](F)(F)[N+]2=CC=CC2=C3c2ccccc2)[nH]1. The second kappa shape index (κ2) is 7.88. The second-order valence-electron chi connectivity index (χ2n) is 7.98. The van der Waals surface area contributed by atoms with Crippen molar-refractivity contribution in [2.24, 2.45) is 0 Å². The Balaban J connectivity index is 1.62. The highest BCUT2D eigenvalue weighted by Gasteiger charge is 2.52. The van der Waals surface area contributed by atoms with E-state index in [0.29, 0.717) is 34.0 Å². The van der Waals surface area contributed by atoms with Gasteiger partial charge in [0.15, 0.2) is 5.70 Å². The van der Waals surface area contributed by atoms with Gasteiger partial charge < -0.3 is 27.3 Å². The van der Waals surface area contributed by atoms with Gasteiger partial charge >= 0.3 is 12.9 Å². The molecule has 0 fully saturated rings. The van der Waals surface area contributed by atoms with E-state index in [1.165, 1.54) is 6.21 Å². The second-order valence-corrected chi connectivity index (χ2v) is 7.98. The Hall–Kier alpha value is -3.94. The Kier molecular flexibility index (Phi) is 5.00. The first kappa shape index (κ1) is 20.9. The predicted molar refractivity (Wildman–Crippen MR) is 126 cm³/mol. The Morgan fingerprint density at radius 1 is 1.12 bits per heavy atom. The Labute approximate surface area is 190 Å². The number of allylic oxidation sites excluding steroid dienone is 2. The number of ether oxygens (including phenoxy) is 1. The van der Waals surface area contributed by atoms with E-state index < -0.39 is 12.9 Å². The number of benzene rings is 1. The fourth-order valence-electron chi connectivity index (χ4n) is 4.42. The van der Waals surface area contributed by atoms with E-state index in [1.807, 2.05) is 30.3 Å². The fraction of sp³-hybridized carbons (Fsp3) is 0.120. The Morgan fingerprint density at radius 3 is 2.64 bits per heavy atom. The van der Waals surface area contributed by atoms with Gasteiger partial charge in [0, 0.05) is 34.8 Å². The third-order valence-electron chi connectivity index (χ3n) is 5.87. The molecule has 5 nitrogen and oxygen atoms in total. The predicted octanol–water partition coefficient (Wildman–Crippen LogP) is 5.10. The van der Waals surface area contributed by atoms with Crippen molar-refractivity contribution < 1.29 is 22.6 Å². The van der Waals surface area contributed by atoms with Gasteiger partial charge in [-0.3, -0.25) is 0 Å². The van der Waals surface area contributed by atoms with Crippen molar-refractivity contribution in [3.8, 4) is 11.4 Å². The first-order chi connectivity index (χ1) is 15.9. The van der Waals surface area contributed by atoms with Gasteiger partial charge in [-0.05, 0) is 49.8 Å². The molecule has 0 radical (unpaired) electrons. The van der Waals surface area contributed by atoms with Gasteiger partial charge in [0.2, 0.25) is 0 Å². The molecule has 0 amide bonds. The van der Waals surface area contributed by atoms with Gasteiger partial charge in [-0.15, -0.1) is 0 Å². The van der Waals surface area contributed by atoms with Crippen LogP contribution in [0.2, 0.25) is 0 Å². The number of nitrogens with one attached hydrogen (secondary N) is 1. The van der Waals surface area contributed by atoms with Crippen LogP contribution in [0, 0.1) is 0 Å². The molecule has 0 atom stereocenters.